The average molecular weight is 372 g/mol. The molecule has 0 fully saturated rings. The monoisotopic (exact) mass is 371 g/mol. The molecule has 0 aromatic heterocycles. The molecule has 26 heavy (non-hydrogen) atoms. The van der Waals surface area contributed by atoms with E-state index in [0.717, 1.165) is 90.6 Å². The maximum Gasteiger partial charge on any atom is 0.190 e. The smallest absolute Gasteiger partial charge is 0.190 e. The first kappa shape index (κ1) is 20.8. The highest BCUT2D eigenvalue weighted by atomic mass is 35.5. The molecule has 0 saturated heterocycles. The number of benzene rings is 2. The quantitative estimate of drug-likeness (QED) is 0.401. The van der Waals surface area contributed by atoms with Gasteiger partial charge in [0, 0.05) is 16.1 Å². The van der Waals surface area contributed by atoms with Crippen molar-refractivity contribution in [2.45, 2.75) is 78.6 Å². The first-order chi connectivity index (χ1) is 12.7. The highest BCUT2D eigenvalue weighted by Gasteiger charge is 2.24. The number of hydrogen-bond acceptors (Lipinski definition) is 0. The Morgan fingerprint density at radius 1 is 0.731 bits per heavy atom. The normalized spacial score (nSPS) is 11.1. The van der Waals surface area contributed by atoms with Gasteiger partial charge in [0.15, 0.2) is 5.75 Å². The Morgan fingerprint density at radius 3 is 1.77 bits per heavy atom. The molecular weight excluding hydrogens is 340 g/mol. The fourth-order valence-corrected chi connectivity index (χ4v) is 3.98. The predicted octanol–water partition coefficient (Wildman–Crippen LogP) is 8.18. The molecule has 2 rings (SSSR count). The van der Waals surface area contributed by atoms with Gasteiger partial charge in [-0.3, -0.25) is 5.11 Å². The third-order valence-electron chi connectivity index (χ3n) is 5.10. The molecule has 0 amide bonds. The summed E-state index contributed by atoms with van der Waals surface area (Å²) in [5.41, 5.74) is 5.00. The zero-order valence-corrected chi connectivity index (χ0v) is 17.3. The topological polar surface area (TPSA) is 19.9 Å². The summed E-state index contributed by atoms with van der Waals surface area (Å²) >= 11 is 6.95. The molecule has 0 unspecified atom stereocenters. The molecule has 141 valence electrons. The molecule has 0 atom stereocenters. The standard InChI is InChI=1S/C24H32ClO/c1-4-7-15-19-20(16-8-5-2)24(26)22(18-13-11-10-12-14-18)21(23(19)25)17-9-6-3/h10-14H,4-9,15-17H2,1-3H3. The third kappa shape index (κ3) is 4.82. The van der Waals surface area contributed by atoms with Crippen LogP contribution in [0.2, 0.25) is 5.02 Å². The highest BCUT2D eigenvalue weighted by molar-refractivity contribution is 6.33. The van der Waals surface area contributed by atoms with Gasteiger partial charge in [0.05, 0.1) is 0 Å². The molecule has 1 nitrogen and oxygen atoms in total. The first-order valence-electron chi connectivity index (χ1n) is 10.2. The Hall–Kier alpha value is -1.47. The SMILES string of the molecule is CCCCc1c([O])c(-c2ccccc2)c(CCCC)c(Cl)c1CCCC. The van der Waals surface area contributed by atoms with Crippen molar-refractivity contribution >= 4 is 11.6 Å². The zero-order chi connectivity index (χ0) is 18.9. The van der Waals surface area contributed by atoms with Gasteiger partial charge in [-0.1, -0.05) is 82.0 Å². The van der Waals surface area contributed by atoms with E-state index in [1.807, 2.05) is 30.3 Å². The van der Waals surface area contributed by atoms with Crippen LogP contribution in [0.1, 0.15) is 76.0 Å². The Bertz CT molecular complexity index is 691. The second kappa shape index (κ2) is 10.6. The highest BCUT2D eigenvalue weighted by Crippen LogP contribution is 2.44. The van der Waals surface area contributed by atoms with Crippen LogP contribution in [0, 0.1) is 0 Å². The van der Waals surface area contributed by atoms with Gasteiger partial charge in [0.1, 0.15) is 0 Å². The van der Waals surface area contributed by atoms with Crippen LogP contribution >= 0.6 is 11.6 Å². The van der Waals surface area contributed by atoms with Crippen molar-refractivity contribution < 1.29 is 5.11 Å². The zero-order valence-electron chi connectivity index (χ0n) is 16.5. The molecule has 0 aliphatic heterocycles. The lowest BCUT2D eigenvalue weighted by Gasteiger charge is -2.21. The van der Waals surface area contributed by atoms with Gasteiger partial charge in [-0.2, -0.15) is 0 Å². The van der Waals surface area contributed by atoms with Crippen molar-refractivity contribution in [2.75, 3.05) is 0 Å². The van der Waals surface area contributed by atoms with Gasteiger partial charge in [-0.25, -0.2) is 0 Å². The number of halogens is 1. The van der Waals surface area contributed by atoms with Crippen LogP contribution < -0.4 is 0 Å². The van der Waals surface area contributed by atoms with Crippen molar-refractivity contribution in [3.63, 3.8) is 0 Å². The molecule has 0 saturated carbocycles. The Morgan fingerprint density at radius 2 is 1.23 bits per heavy atom. The van der Waals surface area contributed by atoms with E-state index in [4.69, 9.17) is 11.6 Å². The fourth-order valence-electron chi connectivity index (χ4n) is 3.58. The average Bonchev–Trinajstić information content (AvgIpc) is 2.66. The predicted molar refractivity (Wildman–Crippen MR) is 113 cm³/mol. The molecular formula is C24H32ClO. The summed E-state index contributed by atoms with van der Waals surface area (Å²) in [7, 11) is 0. The lowest BCUT2D eigenvalue weighted by Crippen LogP contribution is -2.04. The van der Waals surface area contributed by atoms with E-state index >= 15 is 0 Å². The Balaban J connectivity index is 2.68. The van der Waals surface area contributed by atoms with E-state index < -0.39 is 0 Å². The maximum atomic E-state index is 13.5. The summed E-state index contributed by atoms with van der Waals surface area (Å²) < 4.78 is 0. The third-order valence-corrected chi connectivity index (χ3v) is 5.56. The molecule has 2 aromatic rings. The summed E-state index contributed by atoms with van der Waals surface area (Å²) in [6, 6.07) is 10.1. The van der Waals surface area contributed by atoms with Crippen molar-refractivity contribution in [3.8, 4) is 16.9 Å². The molecule has 2 aromatic carbocycles. The lowest BCUT2D eigenvalue weighted by molar-refractivity contribution is 0.350. The van der Waals surface area contributed by atoms with Crippen molar-refractivity contribution in [2.24, 2.45) is 0 Å². The van der Waals surface area contributed by atoms with E-state index in [1.54, 1.807) is 0 Å². The van der Waals surface area contributed by atoms with Crippen LogP contribution in [0.5, 0.6) is 5.75 Å². The van der Waals surface area contributed by atoms with Gasteiger partial charge in [-0.15, -0.1) is 0 Å². The minimum Gasteiger partial charge on any atom is -0.289 e. The summed E-state index contributed by atoms with van der Waals surface area (Å²) in [6.07, 6.45) is 9.09. The molecule has 0 aliphatic carbocycles. The van der Waals surface area contributed by atoms with Crippen molar-refractivity contribution in [1.29, 1.82) is 0 Å². The van der Waals surface area contributed by atoms with Crippen LogP contribution in [-0.4, -0.2) is 0 Å². The summed E-state index contributed by atoms with van der Waals surface area (Å²) in [5, 5.41) is 14.4. The van der Waals surface area contributed by atoms with Crippen LogP contribution in [0.25, 0.3) is 11.1 Å². The lowest BCUT2D eigenvalue weighted by atomic mass is 9.86. The van der Waals surface area contributed by atoms with Crippen molar-refractivity contribution in [1.82, 2.24) is 0 Å². The van der Waals surface area contributed by atoms with E-state index in [-0.39, 0.29) is 5.75 Å². The van der Waals surface area contributed by atoms with Crippen LogP contribution in [0.15, 0.2) is 30.3 Å². The van der Waals surface area contributed by atoms with Crippen LogP contribution in [-0.2, 0) is 24.4 Å². The van der Waals surface area contributed by atoms with Gasteiger partial charge in [0.25, 0.3) is 0 Å². The number of rotatable bonds is 10. The summed E-state index contributed by atoms with van der Waals surface area (Å²) in [6.45, 7) is 6.54. The van der Waals surface area contributed by atoms with Gasteiger partial charge in [0.2, 0.25) is 0 Å². The second-order valence-electron chi connectivity index (χ2n) is 7.13. The summed E-state index contributed by atoms with van der Waals surface area (Å²) in [5.74, 6) is 0.214. The van der Waals surface area contributed by atoms with E-state index in [0.29, 0.717) is 0 Å². The number of unbranched alkanes of at least 4 members (excludes halogenated alkanes) is 3. The molecule has 0 aliphatic rings. The first-order valence-corrected chi connectivity index (χ1v) is 10.6. The molecule has 0 N–H and O–H groups in total. The summed E-state index contributed by atoms with van der Waals surface area (Å²) in [4.78, 5) is 0. The molecule has 0 bridgehead atoms. The Kier molecular flexibility index (Phi) is 8.51. The minimum absolute atomic E-state index is 0.214. The van der Waals surface area contributed by atoms with Crippen LogP contribution in [0.3, 0.4) is 0 Å². The van der Waals surface area contributed by atoms with E-state index in [1.165, 1.54) is 0 Å². The molecule has 0 spiro atoms. The Labute approximate surface area is 164 Å². The van der Waals surface area contributed by atoms with E-state index in [2.05, 4.69) is 20.8 Å². The molecule has 2 heteroatoms. The second-order valence-corrected chi connectivity index (χ2v) is 7.51. The number of hydrogen-bond donors (Lipinski definition) is 0. The molecule has 0 heterocycles. The minimum atomic E-state index is 0.214. The largest absolute Gasteiger partial charge is 0.289 e. The fraction of sp³-hybridized carbons (Fsp3) is 0.500. The van der Waals surface area contributed by atoms with E-state index in [9.17, 15) is 5.11 Å². The van der Waals surface area contributed by atoms with Crippen molar-refractivity contribution in [3.05, 3.63) is 52.0 Å². The molecule has 1 radical (unpaired) electrons. The maximum absolute atomic E-state index is 13.5. The van der Waals surface area contributed by atoms with Gasteiger partial charge < -0.3 is 0 Å². The van der Waals surface area contributed by atoms with Gasteiger partial charge >= 0.3 is 0 Å². The van der Waals surface area contributed by atoms with Gasteiger partial charge in [-0.05, 0) is 55.2 Å². The van der Waals surface area contributed by atoms with Crippen LogP contribution in [0.4, 0.5) is 0 Å².